The summed E-state index contributed by atoms with van der Waals surface area (Å²) in [6.45, 7) is 0.668. The molecule has 0 spiro atoms. The Hall–Kier alpha value is -1.56. The van der Waals surface area contributed by atoms with Gasteiger partial charge in [0.15, 0.2) is 0 Å². The topological polar surface area (TPSA) is 78.4 Å². The van der Waals surface area contributed by atoms with Crippen molar-refractivity contribution in [2.45, 2.75) is 25.7 Å². The fourth-order valence-corrected chi connectivity index (χ4v) is 2.57. The number of anilines is 1. The zero-order chi connectivity index (χ0) is 14.5. The number of hydrogen-bond donors (Lipinski definition) is 3. The molecule has 1 aliphatic carbocycles. The minimum atomic E-state index is -0.998. The van der Waals surface area contributed by atoms with E-state index in [4.69, 9.17) is 5.11 Å². The quantitative estimate of drug-likeness (QED) is 0.767. The molecule has 5 nitrogen and oxygen atoms in total. The molecule has 0 aliphatic heterocycles. The van der Waals surface area contributed by atoms with E-state index in [1.165, 1.54) is 31.4 Å². The van der Waals surface area contributed by atoms with E-state index in [0.29, 0.717) is 16.7 Å². The largest absolute Gasteiger partial charge is 0.478 e. The fourth-order valence-electron chi connectivity index (χ4n) is 2.09. The van der Waals surface area contributed by atoms with Crippen LogP contribution < -0.4 is 10.6 Å². The molecule has 0 unspecified atom stereocenters. The van der Waals surface area contributed by atoms with Crippen LogP contribution in [-0.2, 0) is 0 Å². The highest BCUT2D eigenvalue weighted by molar-refractivity contribution is 9.10. The molecular weight excluding hydrogens is 324 g/mol. The minimum absolute atomic E-state index is 0.174. The van der Waals surface area contributed by atoms with Crippen molar-refractivity contribution in [2.75, 3.05) is 11.9 Å². The minimum Gasteiger partial charge on any atom is -0.478 e. The van der Waals surface area contributed by atoms with Gasteiger partial charge in [0.05, 0.1) is 11.3 Å². The first-order valence-corrected chi connectivity index (χ1v) is 7.43. The summed E-state index contributed by atoms with van der Waals surface area (Å²) in [6, 6.07) is 4.22. The fraction of sp³-hybridized carbons (Fsp3) is 0.429. The number of amides is 2. The van der Waals surface area contributed by atoms with Crippen LogP contribution in [0.4, 0.5) is 10.5 Å². The van der Waals surface area contributed by atoms with E-state index >= 15 is 0 Å². The number of carboxylic acid groups (broad SMARTS) is 1. The van der Waals surface area contributed by atoms with Crippen LogP contribution >= 0.6 is 15.9 Å². The smallest absolute Gasteiger partial charge is 0.335 e. The molecule has 108 valence electrons. The summed E-state index contributed by atoms with van der Waals surface area (Å²) in [7, 11) is 0. The maximum Gasteiger partial charge on any atom is 0.335 e. The third kappa shape index (κ3) is 3.96. The molecule has 2 amide bonds. The monoisotopic (exact) mass is 340 g/mol. The lowest BCUT2D eigenvalue weighted by Gasteiger charge is -2.25. The Bertz CT molecular complexity index is 515. The summed E-state index contributed by atoms with van der Waals surface area (Å²) in [6.07, 6.45) is 4.86. The van der Waals surface area contributed by atoms with Gasteiger partial charge in [-0.25, -0.2) is 9.59 Å². The average molecular weight is 341 g/mol. The van der Waals surface area contributed by atoms with Crippen molar-refractivity contribution >= 4 is 33.6 Å². The number of benzene rings is 1. The second-order valence-corrected chi connectivity index (χ2v) is 5.82. The van der Waals surface area contributed by atoms with E-state index < -0.39 is 5.97 Å². The van der Waals surface area contributed by atoms with E-state index in [9.17, 15) is 9.59 Å². The van der Waals surface area contributed by atoms with Gasteiger partial charge in [-0.1, -0.05) is 19.3 Å². The van der Waals surface area contributed by atoms with Gasteiger partial charge in [-0.15, -0.1) is 0 Å². The number of nitrogens with one attached hydrogen (secondary N) is 2. The van der Waals surface area contributed by atoms with Crippen molar-refractivity contribution < 1.29 is 14.7 Å². The molecule has 0 saturated heterocycles. The second kappa shape index (κ2) is 6.74. The third-order valence-electron chi connectivity index (χ3n) is 3.53. The van der Waals surface area contributed by atoms with Crippen LogP contribution in [-0.4, -0.2) is 23.7 Å². The Labute approximate surface area is 125 Å². The molecule has 2 rings (SSSR count). The van der Waals surface area contributed by atoms with Gasteiger partial charge in [0.1, 0.15) is 0 Å². The first kappa shape index (κ1) is 14.8. The van der Waals surface area contributed by atoms with Crippen molar-refractivity contribution in [1.82, 2.24) is 5.32 Å². The van der Waals surface area contributed by atoms with Crippen molar-refractivity contribution in [1.29, 1.82) is 0 Å². The van der Waals surface area contributed by atoms with Crippen molar-refractivity contribution in [3.05, 3.63) is 28.2 Å². The predicted octanol–water partition coefficient (Wildman–Crippen LogP) is 3.46. The number of carbonyl (C=O) groups excluding carboxylic acids is 1. The number of urea groups is 1. The Balaban J connectivity index is 1.82. The average Bonchev–Trinajstić information content (AvgIpc) is 2.34. The lowest BCUT2D eigenvalue weighted by Crippen LogP contribution is -2.31. The van der Waals surface area contributed by atoms with Crippen LogP contribution in [0.2, 0.25) is 0 Å². The van der Waals surface area contributed by atoms with Gasteiger partial charge in [0.25, 0.3) is 0 Å². The SMILES string of the molecule is O=C(NCCC1CCC1)Nc1ccc(C(=O)O)cc1Br. The highest BCUT2D eigenvalue weighted by Crippen LogP contribution is 2.28. The first-order chi connectivity index (χ1) is 9.56. The summed E-state index contributed by atoms with van der Waals surface area (Å²) in [4.78, 5) is 22.5. The standard InChI is InChI=1S/C14H17BrN2O3/c15-11-8-10(13(18)19)4-5-12(11)17-14(20)16-7-6-9-2-1-3-9/h4-5,8-9H,1-3,6-7H2,(H,18,19)(H2,16,17,20). The molecule has 0 bridgehead atoms. The number of carboxylic acids is 1. The number of hydrogen-bond acceptors (Lipinski definition) is 2. The molecule has 1 aliphatic rings. The van der Waals surface area contributed by atoms with Gasteiger partial charge < -0.3 is 15.7 Å². The van der Waals surface area contributed by atoms with Gasteiger partial charge in [-0.2, -0.15) is 0 Å². The number of rotatable bonds is 5. The Morgan fingerprint density at radius 1 is 1.35 bits per heavy atom. The first-order valence-electron chi connectivity index (χ1n) is 6.64. The molecule has 1 aromatic rings. The lowest BCUT2D eigenvalue weighted by atomic mass is 9.83. The normalized spacial score (nSPS) is 14.4. The maximum atomic E-state index is 11.7. The molecule has 0 heterocycles. The van der Waals surface area contributed by atoms with E-state index in [-0.39, 0.29) is 11.6 Å². The summed E-state index contributed by atoms with van der Waals surface area (Å²) in [5.41, 5.74) is 0.726. The summed E-state index contributed by atoms with van der Waals surface area (Å²) < 4.78 is 0.548. The van der Waals surface area contributed by atoms with E-state index in [1.807, 2.05) is 0 Å². The number of halogens is 1. The molecule has 6 heteroatoms. The number of carbonyl (C=O) groups is 2. The zero-order valence-corrected chi connectivity index (χ0v) is 12.6. The van der Waals surface area contributed by atoms with Gasteiger partial charge >= 0.3 is 12.0 Å². The van der Waals surface area contributed by atoms with Crippen molar-refractivity contribution in [3.63, 3.8) is 0 Å². The molecule has 0 atom stereocenters. The predicted molar refractivity (Wildman–Crippen MR) is 80.1 cm³/mol. The lowest BCUT2D eigenvalue weighted by molar-refractivity contribution is 0.0697. The molecule has 0 aromatic heterocycles. The third-order valence-corrected chi connectivity index (χ3v) is 4.18. The summed E-state index contributed by atoms with van der Waals surface area (Å²) in [5, 5.41) is 14.4. The van der Waals surface area contributed by atoms with Gasteiger partial charge in [-0.05, 0) is 46.5 Å². The van der Waals surface area contributed by atoms with Crippen molar-refractivity contribution in [3.8, 4) is 0 Å². The van der Waals surface area contributed by atoms with Crippen LogP contribution in [0.15, 0.2) is 22.7 Å². The Kier molecular flexibility index (Phi) is 5.00. The Morgan fingerprint density at radius 3 is 2.65 bits per heavy atom. The second-order valence-electron chi connectivity index (χ2n) is 4.97. The molecule has 3 N–H and O–H groups in total. The van der Waals surface area contributed by atoms with E-state index in [2.05, 4.69) is 26.6 Å². The maximum absolute atomic E-state index is 11.7. The van der Waals surface area contributed by atoms with Gasteiger partial charge in [-0.3, -0.25) is 0 Å². The van der Waals surface area contributed by atoms with Gasteiger partial charge in [0, 0.05) is 11.0 Å². The van der Waals surface area contributed by atoms with Crippen LogP contribution in [0, 0.1) is 5.92 Å². The molecule has 1 saturated carbocycles. The highest BCUT2D eigenvalue weighted by atomic mass is 79.9. The van der Waals surface area contributed by atoms with Gasteiger partial charge in [0.2, 0.25) is 0 Å². The van der Waals surface area contributed by atoms with E-state index in [0.717, 1.165) is 12.3 Å². The molecule has 1 aromatic carbocycles. The van der Waals surface area contributed by atoms with Crippen LogP contribution in [0.5, 0.6) is 0 Å². The van der Waals surface area contributed by atoms with Crippen molar-refractivity contribution in [2.24, 2.45) is 5.92 Å². The molecule has 20 heavy (non-hydrogen) atoms. The highest BCUT2D eigenvalue weighted by Gasteiger charge is 2.17. The van der Waals surface area contributed by atoms with Crippen LogP contribution in [0.25, 0.3) is 0 Å². The molecular formula is C14H17BrN2O3. The van der Waals surface area contributed by atoms with Crippen LogP contribution in [0.3, 0.4) is 0 Å². The molecule has 0 radical (unpaired) electrons. The zero-order valence-electron chi connectivity index (χ0n) is 11.0. The Morgan fingerprint density at radius 2 is 2.10 bits per heavy atom. The summed E-state index contributed by atoms with van der Waals surface area (Å²) >= 11 is 3.25. The summed E-state index contributed by atoms with van der Waals surface area (Å²) in [5.74, 6) is -0.237. The van der Waals surface area contributed by atoms with Crippen LogP contribution in [0.1, 0.15) is 36.0 Å². The number of aromatic carboxylic acids is 1. The molecule has 1 fully saturated rings. The van der Waals surface area contributed by atoms with E-state index in [1.54, 1.807) is 6.07 Å².